The van der Waals surface area contributed by atoms with E-state index in [4.69, 9.17) is 4.74 Å². The molecule has 10 nitrogen and oxygen atoms in total. The fraction of sp³-hybridized carbons (Fsp3) is 0.435. The van der Waals surface area contributed by atoms with Crippen LogP contribution in [0.3, 0.4) is 0 Å². The van der Waals surface area contributed by atoms with Crippen LogP contribution < -0.4 is 33.7 Å². The van der Waals surface area contributed by atoms with Crippen LogP contribution in [0.4, 0.5) is 0 Å². The number of hydrogen-bond donors (Lipinski definition) is 3. The number of rotatable bonds is 9. The number of ether oxygens (including phenoxy) is 1. The van der Waals surface area contributed by atoms with E-state index in [9.17, 15) is 14.7 Å². The molecule has 0 aliphatic rings. The number of aromatic nitrogens is 5. The number of hydrogen-bond acceptors (Lipinski definition) is 5. The van der Waals surface area contributed by atoms with Crippen LogP contribution in [0.1, 0.15) is 19.0 Å². The van der Waals surface area contributed by atoms with E-state index in [2.05, 4.69) is 22.2 Å². The summed E-state index contributed by atoms with van der Waals surface area (Å²) in [6.07, 6.45) is 1.76. The van der Waals surface area contributed by atoms with Crippen molar-refractivity contribution in [1.29, 1.82) is 0 Å². The predicted octanol–water partition coefficient (Wildman–Crippen LogP) is -2.99. The number of fused-ring (bicyclic) bond motifs is 2. The highest BCUT2D eigenvalue weighted by atomic mass is 35.5. The number of nitrogens with zero attached hydrogens (tertiary/aromatic N) is 4. The molecule has 1 aromatic carbocycles. The molecule has 0 radical (unpaired) electrons. The van der Waals surface area contributed by atoms with Crippen molar-refractivity contribution < 1.29 is 27.6 Å². The summed E-state index contributed by atoms with van der Waals surface area (Å²) < 4.78 is 10.1. The van der Waals surface area contributed by atoms with Crippen molar-refractivity contribution >= 4 is 22.1 Å². The Morgan fingerprint density at radius 2 is 2.00 bits per heavy atom. The van der Waals surface area contributed by atoms with E-state index in [1.807, 2.05) is 31.2 Å². The van der Waals surface area contributed by atoms with Crippen LogP contribution in [0.15, 0.2) is 40.2 Å². The maximum atomic E-state index is 12.5. The molecule has 0 bridgehead atoms. The molecule has 0 aliphatic carbocycles. The van der Waals surface area contributed by atoms with Gasteiger partial charge >= 0.3 is 5.69 Å². The largest absolute Gasteiger partial charge is 1.00 e. The number of quaternary nitrogens is 1. The number of halogens is 1. The van der Waals surface area contributed by atoms with Gasteiger partial charge < -0.3 is 37.1 Å². The Morgan fingerprint density at radius 3 is 2.76 bits per heavy atom. The summed E-state index contributed by atoms with van der Waals surface area (Å²) in [7, 11) is 3.08. The van der Waals surface area contributed by atoms with Gasteiger partial charge in [0.25, 0.3) is 5.56 Å². The van der Waals surface area contributed by atoms with Crippen molar-refractivity contribution in [3.63, 3.8) is 0 Å². The maximum absolute atomic E-state index is 12.5. The van der Waals surface area contributed by atoms with Crippen molar-refractivity contribution in [1.82, 2.24) is 23.7 Å². The first kappa shape index (κ1) is 25.5. The lowest BCUT2D eigenvalue weighted by molar-refractivity contribution is -0.692. The fourth-order valence-corrected chi connectivity index (χ4v) is 4.06. The van der Waals surface area contributed by atoms with E-state index in [1.54, 1.807) is 17.9 Å². The minimum absolute atomic E-state index is 0. The summed E-state index contributed by atoms with van der Waals surface area (Å²) in [5.74, 6) is 0.756. The summed E-state index contributed by atoms with van der Waals surface area (Å²) in [6.45, 7) is 5.38. The quantitative estimate of drug-likeness (QED) is 0.231. The van der Waals surface area contributed by atoms with Crippen LogP contribution in [0.25, 0.3) is 22.1 Å². The van der Waals surface area contributed by atoms with Crippen LogP contribution in [0.2, 0.25) is 0 Å². The number of aliphatic hydroxyl groups excluding tert-OH is 1. The van der Waals surface area contributed by atoms with Gasteiger partial charge in [-0.2, -0.15) is 0 Å². The molecular weight excluding hydrogens is 460 g/mol. The Bertz CT molecular complexity index is 1400. The number of imidazole rings is 1. The Hall–Kier alpha value is -3.08. The van der Waals surface area contributed by atoms with E-state index in [0.717, 1.165) is 33.3 Å². The summed E-state index contributed by atoms with van der Waals surface area (Å²) in [6, 6.07) is 8.09. The molecule has 2 atom stereocenters. The van der Waals surface area contributed by atoms with Gasteiger partial charge in [0.15, 0.2) is 11.2 Å². The standard InChI is InChI=1S/C23H30N6O4.ClH/c1-14(8-9-29-13-25-21-20(29)22(31)28(4)23(32)27(21)3)24-11-16(30)12-33-19-7-5-6-18-17(19)10-15(2)26-18;/h5-7,10,13-14,16,24,26,30H,8-9,11-12H2,1-4H3;1H. The zero-order valence-electron chi connectivity index (χ0n) is 19.8. The third-order valence-electron chi connectivity index (χ3n) is 6.04. The lowest BCUT2D eigenvalue weighted by Crippen LogP contribution is -3.00. The molecular formula is C23H31ClN6O4. The van der Waals surface area contributed by atoms with Crippen LogP contribution >= 0.6 is 0 Å². The third-order valence-corrected chi connectivity index (χ3v) is 6.04. The SMILES string of the molecule is Cc1cc2c(OCC(O)C[NH2+]C(C)CCn3cnc4c3c(=O)n(C)c(=O)n4C)cccc2[nH]1.[Cl-]. The smallest absolute Gasteiger partial charge is 0.332 e. The van der Waals surface area contributed by atoms with Gasteiger partial charge in [-0.1, -0.05) is 6.07 Å². The van der Waals surface area contributed by atoms with E-state index in [0.29, 0.717) is 24.3 Å². The second-order valence-electron chi connectivity index (χ2n) is 8.69. The van der Waals surface area contributed by atoms with Gasteiger partial charge in [0.05, 0.1) is 12.4 Å². The Balaban J connectivity index is 0.00000324. The Morgan fingerprint density at radius 1 is 1.24 bits per heavy atom. The topological polar surface area (TPSA) is 124 Å². The highest BCUT2D eigenvalue weighted by Gasteiger charge is 2.16. The van der Waals surface area contributed by atoms with Gasteiger partial charge in [-0.15, -0.1) is 0 Å². The summed E-state index contributed by atoms with van der Waals surface area (Å²) >= 11 is 0. The van der Waals surface area contributed by atoms with Gasteiger partial charge in [0, 0.05) is 43.7 Å². The summed E-state index contributed by atoms with van der Waals surface area (Å²) in [5.41, 5.74) is 2.16. The van der Waals surface area contributed by atoms with Crippen molar-refractivity contribution in [2.75, 3.05) is 13.2 Å². The molecule has 4 aromatic rings. The zero-order chi connectivity index (χ0) is 23.7. The Labute approximate surface area is 202 Å². The van der Waals surface area contributed by atoms with E-state index in [1.165, 1.54) is 11.6 Å². The molecule has 0 amide bonds. The normalized spacial score (nSPS) is 13.2. The van der Waals surface area contributed by atoms with Crippen molar-refractivity contribution in [2.24, 2.45) is 14.1 Å². The highest BCUT2D eigenvalue weighted by Crippen LogP contribution is 2.26. The molecule has 0 fully saturated rings. The molecule has 34 heavy (non-hydrogen) atoms. The first-order valence-electron chi connectivity index (χ1n) is 11.1. The second-order valence-corrected chi connectivity index (χ2v) is 8.69. The molecule has 184 valence electrons. The van der Waals surface area contributed by atoms with E-state index < -0.39 is 11.8 Å². The first-order valence-corrected chi connectivity index (χ1v) is 11.1. The van der Waals surface area contributed by atoms with Crippen LogP contribution in [0.5, 0.6) is 5.75 Å². The Kier molecular flexibility index (Phi) is 7.86. The summed E-state index contributed by atoms with van der Waals surface area (Å²) in [4.78, 5) is 32.2. The maximum Gasteiger partial charge on any atom is 0.332 e. The van der Waals surface area contributed by atoms with Crippen molar-refractivity contribution in [3.05, 3.63) is 57.1 Å². The molecule has 0 saturated carbocycles. The lowest BCUT2D eigenvalue weighted by Gasteiger charge is -2.16. The average molecular weight is 491 g/mol. The number of H-pyrrole nitrogens is 1. The molecule has 0 spiro atoms. The molecule has 0 aliphatic heterocycles. The van der Waals surface area contributed by atoms with E-state index >= 15 is 0 Å². The summed E-state index contributed by atoms with van der Waals surface area (Å²) in [5, 5.41) is 13.5. The van der Waals surface area contributed by atoms with Crippen molar-refractivity contribution in [2.45, 2.75) is 39.0 Å². The molecule has 3 aromatic heterocycles. The van der Waals surface area contributed by atoms with Crippen molar-refractivity contribution in [3.8, 4) is 5.75 Å². The molecule has 4 rings (SSSR count). The minimum Gasteiger partial charge on any atom is -1.00 e. The molecule has 3 heterocycles. The molecule has 11 heteroatoms. The number of aliphatic hydroxyl groups is 1. The molecule has 0 saturated heterocycles. The minimum atomic E-state index is -0.612. The van der Waals surface area contributed by atoms with Gasteiger partial charge in [-0.25, -0.2) is 9.78 Å². The number of nitrogens with one attached hydrogen (secondary N) is 1. The number of aryl methyl sites for hydroxylation is 3. The highest BCUT2D eigenvalue weighted by molar-refractivity contribution is 5.86. The number of benzene rings is 1. The zero-order valence-corrected chi connectivity index (χ0v) is 20.5. The second kappa shape index (κ2) is 10.5. The number of aromatic amines is 1. The van der Waals surface area contributed by atoms with Gasteiger partial charge in [0.1, 0.15) is 25.0 Å². The van der Waals surface area contributed by atoms with E-state index in [-0.39, 0.29) is 30.6 Å². The van der Waals surface area contributed by atoms with Crippen LogP contribution in [-0.2, 0) is 20.6 Å². The average Bonchev–Trinajstić information content (AvgIpc) is 3.40. The van der Waals surface area contributed by atoms with Gasteiger partial charge in [-0.3, -0.25) is 13.9 Å². The van der Waals surface area contributed by atoms with Gasteiger partial charge in [0.2, 0.25) is 0 Å². The lowest BCUT2D eigenvalue weighted by atomic mass is 10.2. The first-order chi connectivity index (χ1) is 15.8. The van der Waals surface area contributed by atoms with Crippen LogP contribution in [0, 0.1) is 6.92 Å². The molecule has 4 N–H and O–H groups in total. The number of nitrogens with two attached hydrogens (primary N) is 1. The third kappa shape index (κ3) is 5.03. The van der Waals surface area contributed by atoms with Gasteiger partial charge in [-0.05, 0) is 32.0 Å². The fourth-order valence-electron chi connectivity index (χ4n) is 4.06. The monoisotopic (exact) mass is 490 g/mol. The molecule has 2 unspecified atom stereocenters. The van der Waals surface area contributed by atoms with Crippen LogP contribution in [-0.4, -0.2) is 54.1 Å². The predicted molar refractivity (Wildman–Crippen MR) is 126 cm³/mol.